The molecule has 2 rings (SSSR count). The summed E-state index contributed by atoms with van der Waals surface area (Å²) < 4.78 is 43.7. The van der Waals surface area contributed by atoms with E-state index < -0.39 is 23.6 Å². The number of benzene rings is 2. The molecule has 158 valence electrons. The van der Waals surface area contributed by atoms with Crippen molar-refractivity contribution >= 4 is 17.5 Å². The Labute approximate surface area is 172 Å². The Hall–Kier alpha value is -3.55. The molecule has 0 aliphatic heterocycles. The number of carbonyl (C=O) groups excluding carboxylic acids is 2. The maximum Gasteiger partial charge on any atom is 0.416 e. The van der Waals surface area contributed by atoms with Crippen molar-refractivity contribution in [1.82, 2.24) is 5.32 Å². The van der Waals surface area contributed by atoms with Crippen molar-refractivity contribution in [2.45, 2.75) is 19.5 Å². The molecule has 0 spiro atoms. The van der Waals surface area contributed by atoms with Crippen molar-refractivity contribution < 1.29 is 27.5 Å². The van der Waals surface area contributed by atoms with Gasteiger partial charge in [0.2, 0.25) is 0 Å². The third-order valence-electron chi connectivity index (χ3n) is 4.06. The molecule has 0 unspecified atom stereocenters. The van der Waals surface area contributed by atoms with E-state index >= 15 is 0 Å². The van der Waals surface area contributed by atoms with Crippen LogP contribution in [0.5, 0.6) is 5.75 Å². The SMILES string of the molecule is C=C(C(=O)Nc1cccc(C(F)(F)F)c1)C(=CCC)NC(=O)c1ccccc1OC. The number of carbonyl (C=O) groups is 2. The number of hydrogen-bond donors (Lipinski definition) is 2. The number of methoxy groups -OCH3 is 1. The minimum atomic E-state index is -4.53. The third kappa shape index (κ3) is 5.73. The van der Waals surface area contributed by atoms with Crippen molar-refractivity contribution in [3.63, 3.8) is 0 Å². The Kier molecular flexibility index (Phi) is 7.41. The lowest BCUT2D eigenvalue weighted by Gasteiger charge is -2.15. The number of para-hydroxylation sites is 1. The topological polar surface area (TPSA) is 67.4 Å². The molecule has 2 aromatic rings. The van der Waals surface area contributed by atoms with Crippen molar-refractivity contribution in [1.29, 1.82) is 0 Å². The number of alkyl halides is 3. The van der Waals surface area contributed by atoms with Crippen LogP contribution in [0.25, 0.3) is 0 Å². The summed E-state index contributed by atoms with van der Waals surface area (Å²) in [6.45, 7) is 5.48. The number of hydrogen-bond acceptors (Lipinski definition) is 3. The molecule has 30 heavy (non-hydrogen) atoms. The van der Waals surface area contributed by atoms with Crippen LogP contribution in [0, 0.1) is 0 Å². The Morgan fingerprint density at radius 3 is 2.47 bits per heavy atom. The fraction of sp³-hybridized carbons (Fsp3) is 0.182. The molecule has 0 aliphatic rings. The quantitative estimate of drug-likeness (QED) is 0.495. The monoisotopic (exact) mass is 418 g/mol. The fourth-order valence-corrected chi connectivity index (χ4v) is 2.58. The van der Waals surface area contributed by atoms with E-state index in [2.05, 4.69) is 17.2 Å². The van der Waals surface area contributed by atoms with E-state index in [0.717, 1.165) is 12.1 Å². The van der Waals surface area contributed by atoms with Gasteiger partial charge in [-0.25, -0.2) is 0 Å². The summed E-state index contributed by atoms with van der Waals surface area (Å²) in [4.78, 5) is 25.1. The first-order valence-electron chi connectivity index (χ1n) is 8.99. The molecule has 5 nitrogen and oxygen atoms in total. The first kappa shape index (κ1) is 22.7. The Morgan fingerprint density at radius 2 is 1.83 bits per heavy atom. The number of rotatable bonds is 7. The van der Waals surface area contributed by atoms with Crippen LogP contribution in [0.15, 0.2) is 72.5 Å². The van der Waals surface area contributed by atoms with E-state index in [4.69, 9.17) is 4.74 Å². The van der Waals surface area contributed by atoms with Gasteiger partial charge in [0.1, 0.15) is 5.75 Å². The maximum absolute atomic E-state index is 12.9. The lowest BCUT2D eigenvalue weighted by atomic mass is 10.1. The molecule has 2 amide bonds. The zero-order valence-corrected chi connectivity index (χ0v) is 16.5. The van der Waals surface area contributed by atoms with Crippen LogP contribution in [-0.4, -0.2) is 18.9 Å². The van der Waals surface area contributed by atoms with Gasteiger partial charge in [-0.2, -0.15) is 13.2 Å². The van der Waals surface area contributed by atoms with E-state index in [9.17, 15) is 22.8 Å². The summed E-state index contributed by atoms with van der Waals surface area (Å²) in [5.74, 6) is -0.903. The molecule has 8 heteroatoms. The number of anilines is 1. The highest BCUT2D eigenvalue weighted by Crippen LogP contribution is 2.30. The van der Waals surface area contributed by atoms with Gasteiger partial charge in [-0.1, -0.05) is 37.8 Å². The Balaban J connectivity index is 2.18. The van der Waals surface area contributed by atoms with Crippen LogP contribution < -0.4 is 15.4 Å². The molecule has 2 N–H and O–H groups in total. The van der Waals surface area contributed by atoms with E-state index in [1.807, 2.05) is 0 Å². The van der Waals surface area contributed by atoms with Crippen molar-refractivity contribution in [2.75, 3.05) is 12.4 Å². The molecule has 0 bridgehead atoms. The van der Waals surface area contributed by atoms with Crippen molar-refractivity contribution in [3.8, 4) is 5.75 Å². The predicted octanol–water partition coefficient (Wildman–Crippen LogP) is 4.93. The molecule has 0 fully saturated rings. The molecule has 0 aromatic heterocycles. The molecule has 0 radical (unpaired) electrons. The normalized spacial score (nSPS) is 11.6. The van der Waals surface area contributed by atoms with Gasteiger partial charge in [0.05, 0.1) is 23.8 Å². The van der Waals surface area contributed by atoms with Gasteiger partial charge in [-0.3, -0.25) is 9.59 Å². The van der Waals surface area contributed by atoms with Gasteiger partial charge in [-0.05, 0) is 36.8 Å². The van der Waals surface area contributed by atoms with E-state index in [1.54, 1.807) is 37.3 Å². The number of amides is 2. The third-order valence-corrected chi connectivity index (χ3v) is 4.06. The first-order chi connectivity index (χ1) is 14.2. The summed E-state index contributed by atoms with van der Waals surface area (Å²) in [5, 5.41) is 4.99. The molecule has 0 heterocycles. The largest absolute Gasteiger partial charge is 0.496 e. The number of halogens is 3. The van der Waals surface area contributed by atoms with Gasteiger partial charge in [0, 0.05) is 11.4 Å². The average Bonchev–Trinajstić information content (AvgIpc) is 2.72. The van der Waals surface area contributed by atoms with E-state index in [1.165, 1.54) is 19.2 Å². The molecular formula is C22H21F3N2O3. The van der Waals surface area contributed by atoms with Crippen LogP contribution in [0.1, 0.15) is 29.3 Å². The molecule has 0 aliphatic carbocycles. The van der Waals surface area contributed by atoms with Gasteiger partial charge in [0.15, 0.2) is 0 Å². The smallest absolute Gasteiger partial charge is 0.416 e. The highest BCUT2D eigenvalue weighted by molar-refractivity contribution is 6.08. The first-order valence-corrected chi connectivity index (χ1v) is 8.99. The summed E-state index contributed by atoms with van der Waals surface area (Å²) in [5.41, 5.74) is -0.619. The zero-order valence-electron chi connectivity index (χ0n) is 16.5. The minimum absolute atomic E-state index is 0.0390. The summed E-state index contributed by atoms with van der Waals surface area (Å²) in [7, 11) is 1.43. The highest BCUT2D eigenvalue weighted by atomic mass is 19.4. The van der Waals surface area contributed by atoms with Crippen LogP contribution in [0.2, 0.25) is 0 Å². The lowest BCUT2D eigenvalue weighted by molar-refractivity contribution is -0.137. The Morgan fingerprint density at radius 1 is 1.13 bits per heavy atom. The van der Waals surface area contributed by atoms with Crippen LogP contribution >= 0.6 is 0 Å². The fourth-order valence-electron chi connectivity index (χ4n) is 2.58. The number of nitrogens with one attached hydrogen (secondary N) is 2. The average molecular weight is 418 g/mol. The zero-order chi connectivity index (χ0) is 22.3. The van der Waals surface area contributed by atoms with Gasteiger partial charge < -0.3 is 15.4 Å². The summed E-state index contributed by atoms with van der Waals surface area (Å²) >= 11 is 0. The van der Waals surface area contributed by atoms with Gasteiger partial charge in [-0.15, -0.1) is 0 Å². The molecule has 0 atom stereocenters. The summed E-state index contributed by atoms with van der Waals surface area (Å²) in [6.07, 6.45) is -2.47. The van der Waals surface area contributed by atoms with Crippen molar-refractivity contribution in [2.24, 2.45) is 0 Å². The van der Waals surface area contributed by atoms with E-state index in [0.29, 0.717) is 12.2 Å². The second kappa shape index (κ2) is 9.78. The number of ether oxygens (including phenoxy) is 1. The van der Waals surface area contributed by atoms with Crippen molar-refractivity contribution in [3.05, 3.63) is 83.6 Å². The second-order valence-corrected chi connectivity index (χ2v) is 6.19. The van der Waals surface area contributed by atoms with Crippen LogP contribution in [0.4, 0.5) is 18.9 Å². The Bertz CT molecular complexity index is 982. The van der Waals surface area contributed by atoms with Gasteiger partial charge in [0.25, 0.3) is 11.8 Å². The molecule has 0 saturated carbocycles. The highest BCUT2D eigenvalue weighted by Gasteiger charge is 2.30. The predicted molar refractivity (Wildman–Crippen MR) is 108 cm³/mol. The van der Waals surface area contributed by atoms with Crippen LogP contribution in [-0.2, 0) is 11.0 Å². The molecular weight excluding hydrogens is 397 g/mol. The lowest BCUT2D eigenvalue weighted by Crippen LogP contribution is -2.28. The summed E-state index contributed by atoms with van der Waals surface area (Å²) in [6, 6.07) is 10.8. The molecule has 2 aromatic carbocycles. The maximum atomic E-state index is 12.9. The second-order valence-electron chi connectivity index (χ2n) is 6.19. The number of allylic oxidation sites excluding steroid dienone is 1. The van der Waals surface area contributed by atoms with E-state index in [-0.39, 0.29) is 22.5 Å². The van der Waals surface area contributed by atoms with Crippen LogP contribution in [0.3, 0.4) is 0 Å². The minimum Gasteiger partial charge on any atom is -0.496 e. The van der Waals surface area contributed by atoms with Gasteiger partial charge >= 0.3 is 6.18 Å². The standard InChI is InChI=1S/C22H21F3N2O3/c1-4-8-18(27-21(29)17-11-5-6-12-19(17)30-3)14(2)20(28)26-16-10-7-9-15(13-16)22(23,24)25/h5-13H,2,4H2,1,3H3,(H,26,28)(H,27,29). The molecule has 0 saturated heterocycles.